The summed E-state index contributed by atoms with van der Waals surface area (Å²) in [5, 5.41) is 0. The van der Waals surface area contributed by atoms with Gasteiger partial charge in [-0.05, 0) is 36.3 Å². The third-order valence-electron chi connectivity index (χ3n) is 3.81. The lowest BCUT2D eigenvalue weighted by atomic mass is 10.1. The Morgan fingerprint density at radius 3 is 2.81 bits per heavy atom. The molecule has 21 heavy (non-hydrogen) atoms. The Morgan fingerprint density at radius 2 is 2.19 bits per heavy atom. The molecule has 1 aliphatic rings. The van der Waals surface area contributed by atoms with Crippen molar-refractivity contribution in [2.45, 2.75) is 25.3 Å². The summed E-state index contributed by atoms with van der Waals surface area (Å²) in [5.41, 5.74) is 7.59. The number of carbonyl (C=O) groups excluding carboxylic acids is 1. The first kappa shape index (κ1) is 16.2. The molecule has 1 aliphatic heterocycles. The van der Waals surface area contributed by atoms with Gasteiger partial charge in [-0.2, -0.15) is 11.8 Å². The Kier molecular flexibility index (Phi) is 6.39. The van der Waals surface area contributed by atoms with E-state index in [0.29, 0.717) is 25.6 Å². The van der Waals surface area contributed by atoms with Crippen molar-refractivity contribution in [1.29, 1.82) is 0 Å². The fourth-order valence-electron chi connectivity index (χ4n) is 2.55. The van der Waals surface area contributed by atoms with Crippen LogP contribution in [0.25, 0.3) is 0 Å². The molecule has 1 heterocycles. The summed E-state index contributed by atoms with van der Waals surface area (Å²) in [6, 6.07) is 8.14. The summed E-state index contributed by atoms with van der Waals surface area (Å²) in [5.74, 6) is 2.44. The van der Waals surface area contributed by atoms with E-state index in [-0.39, 0.29) is 5.91 Å². The predicted octanol–water partition coefficient (Wildman–Crippen LogP) is 2.18. The largest absolute Gasteiger partial charge is 0.399 e. The Balaban J connectivity index is 1.89. The van der Waals surface area contributed by atoms with E-state index in [1.54, 1.807) is 7.11 Å². The number of aryl methyl sites for hydroxylation is 1. The highest BCUT2D eigenvalue weighted by atomic mass is 32.2. The third kappa shape index (κ3) is 4.93. The number of hydrogen-bond donors (Lipinski definition) is 1. The van der Waals surface area contributed by atoms with E-state index in [1.807, 2.05) is 40.9 Å². The normalized spacial score (nSPS) is 17.9. The molecule has 1 amide bonds. The van der Waals surface area contributed by atoms with Crippen molar-refractivity contribution >= 4 is 23.4 Å². The molecule has 0 aliphatic carbocycles. The molecule has 4 nitrogen and oxygen atoms in total. The van der Waals surface area contributed by atoms with Crippen LogP contribution >= 0.6 is 11.8 Å². The molecule has 0 bridgehead atoms. The van der Waals surface area contributed by atoms with E-state index in [2.05, 4.69) is 0 Å². The molecule has 1 fully saturated rings. The van der Waals surface area contributed by atoms with Gasteiger partial charge in [0.1, 0.15) is 0 Å². The first-order chi connectivity index (χ1) is 10.2. The summed E-state index contributed by atoms with van der Waals surface area (Å²) in [7, 11) is 1.68. The second-order valence-electron chi connectivity index (χ2n) is 5.34. The standard InChI is InChI=1S/C16H24N2O2S/c1-20-10-9-18(15-8-11-21-12-15)16(19)7-4-13-2-5-14(17)6-3-13/h2-3,5-6,15H,4,7-12,17H2,1H3. The zero-order chi connectivity index (χ0) is 15.1. The molecule has 1 unspecified atom stereocenters. The molecule has 1 saturated heterocycles. The van der Waals surface area contributed by atoms with Crippen molar-refractivity contribution in [3.05, 3.63) is 29.8 Å². The maximum atomic E-state index is 12.5. The van der Waals surface area contributed by atoms with Crippen LogP contribution in [0.2, 0.25) is 0 Å². The molecule has 1 atom stereocenters. The van der Waals surface area contributed by atoms with Crippen molar-refractivity contribution in [2.75, 3.05) is 37.5 Å². The van der Waals surface area contributed by atoms with E-state index < -0.39 is 0 Å². The van der Waals surface area contributed by atoms with Crippen molar-refractivity contribution in [3.63, 3.8) is 0 Å². The summed E-state index contributed by atoms with van der Waals surface area (Å²) >= 11 is 1.93. The number of nitrogen functional groups attached to an aromatic ring is 1. The fraction of sp³-hybridized carbons (Fsp3) is 0.562. The lowest BCUT2D eigenvalue weighted by molar-refractivity contribution is -0.133. The molecule has 2 rings (SSSR count). The van der Waals surface area contributed by atoms with Crippen molar-refractivity contribution < 1.29 is 9.53 Å². The predicted molar refractivity (Wildman–Crippen MR) is 88.5 cm³/mol. The Morgan fingerprint density at radius 1 is 1.43 bits per heavy atom. The summed E-state index contributed by atoms with van der Waals surface area (Å²) < 4.78 is 5.14. The lowest BCUT2D eigenvalue weighted by Crippen LogP contribution is -2.42. The third-order valence-corrected chi connectivity index (χ3v) is 4.96. The summed E-state index contributed by atoms with van der Waals surface area (Å²) in [6.07, 6.45) is 2.42. The number of amides is 1. The molecule has 1 aromatic carbocycles. The highest BCUT2D eigenvalue weighted by molar-refractivity contribution is 7.99. The number of rotatable bonds is 7. The summed E-state index contributed by atoms with van der Waals surface area (Å²) in [4.78, 5) is 14.5. The molecule has 116 valence electrons. The molecule has 0 saturated carbocycles. The van der Waals surface area contributed by atoms with E-state index in [4.69, 9.17) is 10.5 Å². The van der Waals surface area contributed by atoms with Crippen LogP contribution in [-0.2, 0) is 16.0 Å². The van der Waals surface area contributed by atoms with Gasteiger partial charge in [-0.15, -0.1) is 0 Å². The van der Waals surface area contributed by atoms with Gasteiger partial charge in [0.15, 0.2) is 0 Å². The average molecular weight is 308 g/mol. The smallest absolute Gasteiger partial charge is 0.223 e. The van der Waals surface area contributed by atoms with Gasteiger partial charge in [-0.1, -0.05) is 12.1 Å². The number of ether oxygens (including phenoxy) is 1. The van der Waals surface area contributed by atoms with Gasteiger partial charge in [0.05, 0.1) is 6.61 Å². The highest BCUT2D eigenvalue weighted by Crippen LogP contribution is 2.23. The van der Waals surface area contributed by atoms with Crippen molar-refractivity contribution in [1.82, 2.24) is 4.90 Å². The number of hydrogen-bond acceptors (Lipinski definition) is 4. The molecule has 1 aromatic rings. The van der Waals surface area contributed by atoms with Gasteiger partial charge in [-0.25, -0.2) is 0 Å². The van der Waals surface area contributed by atoms with E-state index in [9.17, 15) is 4.79 Å². The van der Waals surface area contributed by atoms with Crippen molar-refractivity contribution in [2.24, 2.45) is 0 Å². The lowest BCUT2D eigenvalue weighted by Gasteiger charge is -2.28. The number of anilines is 1. The van der Waals surface area contributed by atoms with Crippen LogP contribution in [0.4, 0.5) is 5.69 Å². The van der Waals surface area contributed by atoms with E-state index >= 15 is 0 Å². The van der Waals surface area contributed by atoms with Gasteiger partial charge < -0.3 is 15.4 Å². The number of nitrogens with zero attached hydrogens (tertiary/aromatic N) is 1. The number of benzene rings is 1. The number of thioether (sulfide) groups is 1. The van der Waals surface area contributed by atoms with Crippen molar-refractivity contribution in [3.8, 4) is 0 Å². The maximum absolute atomic E-state index is 12.5. The monoisotopic (exact) mass is 308 g/mol. The van der Waals surface area contributed by atoms with E-state index in [0.717, 1.165) is 35.6 Å². The Bertz CT molecular complexity index is 444. The minimum absolute atomic E-state index is 0.233. The van der Waals surface area contributed by atoms with Crippen LogP contribution in [0.15, 0.2) is 24.3 Å². The summed E-state index contributed by atoms with van der Waals surface area (Å²) in [6.45, 7) is 1.30. The van der Waals surface area contributed by atoms with Crippen LogP contribution in [-0.4, -0.2) is 48.6 Å². The number of nitrogens with two attached hydrogens (primary N) is 1. The van der Waals surface area contributed by atoms with Gasteiger partial charge in [0, 0.05) is 37.6 Å². The van der Waals surface area contributed by atoms with Crippen LogP contribution < -0.4 is 5.73 Å². The highest BCUT2D eigenvalue weighted by Gasteiger charge is 2.26. The molecule has 0 aromatic heterocycles. The Hall–Kier alpha value is -1.20. The van der Waals surface area contributed by atoms with Gasteiger partial charge in [0.25, 0.3) is 0 Å². The van der Waals surface area contributed by atoms with Gasteiger partial charge in [0.2, 0.25) is 5.91 Å². The van der Waals surface area contributed by atoms with Gasteiger partial charge in [-0.3, -0.25) is 4.79 Å². The maximum Gasteiger partial charge on any atom is 0.223 e. The van der Waals surface area contributed by atoms with E-state index in [1.165, 1.54) is 0 Å². The molecular weight excluding hydrogens is 284 g/mol. The quantitative estimate of drug-likeness (QED) is 0.785. The molecule has 0 radical (unpaired) electrons. The zero-order valence-electron chi connectivity index (χ0n) is 12.6. The van der Waals surface area contributed by atoms with Crippen LogP contribution in [0, 0.1) is 0 Å². The number of carbonyl (C=O) groups is 1. The van der Waals surface area contributed by atoms with Crippen LogP contribution in [0.1, 0.15) is 18.4 Å². The fourth-order valence-corrected chi connectivity index (χ4v) is 3.77. The molecule has 2 N–H and O–H groups in total. The molecular formula is C16H24N2O2S. The average Bonchev–Trinajstić information content (AvgIpc) is 3.01. The van der Waals surface area contributed by atoms with Gasteiger partial charge >= 0.3 is 0 Å². The zero-order valence-corrected chi connectivity index (χ0v) is 13.4. The second-order valence-corrected chi connectivity index (χ2v) is 6.49. The first-order valence-electron chi connectivity index (χ1n) is 7.41. The molecule has 0 spiro atoms. The van der Waals surface area contributed by atoms with Crippen LogP contribution in [0.3, 0.4) is 0 Å². The second kappa shape index (κ2) is 8.29. The minimum Gasteiger partial charge on any atom is -0.399 e. The number of methoxy groups -OCH3 is 1. The molecule has 5 heteroatoms. The minimum atomic E-state index is 0.233. The SMILES string of the molecule is COCCN(C(=O)CCc1ccc(N)cc1)C1CCSC1. The van der Waals surface area contributed by atoms with Crippen LogP contribution in [0.5, 0.6) is 0 Å². The first-order valence-corrected chi connectivity index (χ1v) is 8.56. The Labute approximate surface area is 131 Å². The topological polar surface area (TPSA) is 55.6 Å².